The van der Waals surface area contributed by atoms with Crippen molar-refractivity contribution in [3.63, 3.8) is 0 Å². The van der Waals surface area contributed by atoms with Crippen molar-refractivity contribution in [2.24, 2.45) is 5.92 Å². The molecule has 0 aliphatic rings. The van der Waals surface area contributed by atoms with Crippen LogP contribution in [0.25, 0.3) is 0 Å². The summed E-state index contributed by atoms with van der Waals surface area (Å²) in [6.07, 6.45) is 1.33. The number of hydrogen-bond acceptors (Lipinski definition) is 3. The van der Waals surface area contributed by atoms with E-state index in [1.165, 1.54) is 6.92 Å². The fraction of sp³-hybridized carbons (Fsp3) is 0.700. The summed E-state index contributed by atoms with van der Waals surface area (Å²) in [4.78, 5) is 31.8. The van der Waals surface area contributed by atoms with Gasteiger partial charge in [-0.2, -0.15) is 0 Å². The van der Waals surface area contributed by atoms with Gasteiger partial charge < -0.3 is 10.2 Å². The predicted molar refractivity (Wildman–Crippen MR) is 52.5 cm³/mol. The number of carboxylic acids is 2. The maximum Gasteiger partial charge on any atom is 0.306 e. The molecule has 86 valence electrons. The number of Topliss-reactive ketones (excluding diaryl/α,β-unsaturated/α-hetero) is 1. The van der Waals surface area contributed by atoms with Gasteiger partial charge in [-0.15, -0.1) is 0 Å². The zero-order valence-electron chi connectivity index (χ0n) is 8.73. The van der Waals surface area contributed by atoms with E-state index in [1.807, 2.05) is 0 Å². The minimum atomic E-state index is -0.978. The van der Waals surface area contributed by atoms with Crippen molar-refractivity contribution in [3.05, 3.63) is 0 Å². The smallest absolute Gasteiger partial charge is 0.306 e. The van der Waals surface area contributed by atoms with Crippen LogP contribution in [0.4, 0.5) is 0 Å². The van der Waals surface area contributed by atoms with Crippen LogP contribution < -0.4 is 0 Å². The summed E-state index contributed by atoms with van der Waals surface area (Å²) < 4.78 is 0. The molecular formula is C10H16O5. The van der Waals surface area contributed by atoms with Crippen LogP contribution in [0.1, 0.15) is 39.0 Å². The number of aliphatic carboxylic acids is 2. The number of carbonyl (C=O) groups excluding carboxylic acids is 1. The molecule has 0 saturated heterocycles. The lowest BCUT2D eigenvalue weighted by Crippen LogP contribution is -2.14. The molecule has 0 aromatic carbocycles. The van der Waals surface area contributed by atoms with E-state index in [1.54, 1.807) is 0 Å². The fourth-order valence-electron chi connectivity index (χ4n) is 1.13. The molecule has 2 N–H and O–H groups in total. The summed E-state index contributed by atoms with van der Waals surface area (Å²) in [7, 11) is 0. The molecule has 1 atom stereocenters. The van der Waals surface area contributed by atoms with Crippen molar-refractivity contribution in [2.75, 3.05) is 0 Å². The Bertz CT molecular complexity index is 246. The molecule has 0 amide bonds. The molecule has 0 heterocycles. The van der Waals surface area contributed by atoms with Crippen LogP contribution in [0, 0.1) is 5.92 Å². The van der Waals surface area contributed by atoms with E-state index in [4.69, 9.17) is 10.2 Å². The first kappa shape index (κ1) is 13.6. The molecule has 0 aliphatic carbocycles. The monoisotopic (exact) mass is 216 g/mol. The van der Waals surface area contributed by atoms with E-state index >= 15 is 0 Å². The molecule has 0 radical (unpaired) electrons. The molecule has 1 unspecified atom stereocenters. The highest BCUT2D eigenvalue weighted by molar-refractivity contribution is 5.83. The largest absolute Gasteiger partial charge is 0.481 e. The van der Waals surface area contributed by atoms with Crippen LogP contribution in [0.2, 0.25) is 0 Å². The lowest BCUT2D eigenvalue weighted by molar-refractivity contribution is -0.143. The number of carboxylic acid groups (broad SMARTS) is 2. The average Bonchev–Trinajstić information content (AvgIpc) is 2.12. The molecule has 5 heteroatoms. The zero-order chi connectivity index (χ0) is 11.8. The molecule has 0 spiro atoms. The van der Waals surface area contributed by atoms with Gasteiger partial charge in [0.1, 0.15) is 5.78 Å². The van der Waals surface area contributed by atoms with E-state index in [2.05, 4.69) is 0 Å². The first-order chi connectivity index (χ1) is 6.93. The van der Waals surface area contributed by atoms with Gasteiger partial charge in [-0.05, 0) is 12.8 Å². The standard InChI is InChI=1S/C10H16O5/c1-7(10(14)15)6-8(11)4-2-3-5-9(12)13/h7H,2-6H2,1H3,(H,12,13)(H,14,15). The van der Waals surface area contributed by atoms with Crippen LogP contribution in [0.15, 0.2) is 0 Å². The third-order valence-electron chi connectivity index (χ3n) is 2.05. The van der Waals surface area contributed by atoms with Crippen LogP contribution in [-0.4, -0.2) is 27.9 Å². The summed E-state index contributed by atoms with van der Waals surface area (Å²) in [5.41, 5.74) is 0. The first-order valence-electron chi connectivity index (χ1n) is 4.89. The Morgan fingerprint density at radius 1 is 1.07 bits per heavy atom. The molecule has 0 aliphatic heterocycles. The second kappa shape index (κ2) is 6.98. The second-order valence-electron chi connectivity index (χ2n) is 3.58. The van der Waals surface area contributed by atoms with Gasteiger partial charge >= 0.3 is 11.9 Å². The summed E-state index contributed by atoms with van der Waals surface area (Å²) in [6, 6.07) is 0. The van der Waals surface area contributed by atoms with Crippen LogP contribution >= 0.6 is 0 Å². The summed E-state index contributed by atoms with van der Waals surface area (Å²) in [5, 5.41) is 16.9. The lowest BCUT2D eigenvalue weighted by Gasteiger charge is -2.04. The Balaban J connectivity index is 3.58. The number of hydrogen-bond donors (Lipinski definition) is 2. The Morgan fingerprint density at radius 3 is 2.07 bits per heavy atom. The summed E-state index contributed by atoms with van der Waals surface area (Å²) in [5.74, 6) is -2.62. The minimum absolute atomic E-state index is 0.0302. The van der Waals surface area contributed by atoms with E-state index in [0.717, 1.165) is 0 Å². The van der Waals surface area contributed by atoms with Gasteiger partial charge in [0.2, 0.25) is 0 Å². The normalized spacial score (nSPS) is 12.1. The highest BCUT2D eigenvalue weighted by Crippen LogP contribution is 2.08. The number of rotatable bonds is 8. The second-order valence-corrected chi connectivity index (χ2v) is 3.58. The highest BCUT2D eigenvalue weighted by Gasteiger charge is 2.15. The Morgan fingerprint density at radius 2 is 1.60 bits per heavy atom. The lowest BCUT2D eigenvalue weighted by atomic mass is 10.0. The number of unbranched alkanes of at least 4 members (excludes halogenated alkanes) is 1. The van der Waals surface area contributed by atoms with Gasteiger partial charge in [-0.1, -0.05) is 6.92 Å². The predicted octanol–water partition coefficient (Wildman–Crippen LogP) is 1.31. The zero-order valence-corrected chi connectivity index (χ0v) is 8.73. The van der Waals surface area contributed by atoms with Crippen molar-refractivity contribution in [1.82, 2.24) is 0 Å². The van der Waals surface area contributed by atoms with Gasteiger partial charge in [0.15, 0.2) is 0 Å². The van der Waals surface area contributed by atoms with Crippen molar-refractivity contribution < 1.29 is 24.6 Å². The maximum absolute atomic E-state index is 11.2. The first-order valence-corrected chi connectivity index (χ1v) is 4.89. The van der Waals surface area contributed by atoms with Gasteiger partial charge in [0.05, 0.1) is 5.92 Å². The van der Waals surface area contributed by atoms with Gasteiger partial charge in [0.25, 0.3) is 0 Å². The topological polar surface area (TPSA) is 91.7 Å². The molecule has 0 rings (SSSR count). The summed E-state index contributed by atoms with van der Waals surface area (Å²) >= 11 is 0. The molecule has 0 aromatic heterocycles. The van der Waals surface area contributed by atoms with E-state index in [9.17, 15) is 14.4 Å². The Labute approximate surface area is 88.1 Å². The molecular weight excluding hydrogens is 200 g/mol. The Hall–Kier alpha value is -1.39. The quantitative estimate of drug-likeness (QED) is 0.597. The Kier molecular flexibility index (Phi) is 6.33. The van der Waals surface area contributed by atoms with Crippen LogP contribution in [0.5, 0.6) is 0 Å². The van der Waals surface area contributed by atoms with Crippen molar-refractivity contribution in [2.45, 2.75) is 39.0 Å². The molecule has 0 bridgehead atoms. The summed E-state index contributed by atoms with van der Waals surface area (Å²) in [6.45, 7) is 1.48. The third-order valence-corrected chi connectivity index (χ3v) is 2.05. The van der Waals surface area contributed by atoms with Gasteiger partial charge in [0, 0.05) is 19.3 Å². The number of ketones is 1. The van der Waals surface area contributed by atoms with Crippen LogP contribution in [-0.2, 0) is 14.4 Å². The minimum Gasteiger partial charge on any atom is -0.481 e. The molecule has 5 nitrogen and oxygen atoms in total. The van der Waals surface area contributed by atoms with Crippen molar-refractivity contribution in [3.8, 4) is 0 Å². The number of carbonyl (C=O) groups is 3. The molecule has 0 saturated carbocycles. The maximum atomic E-state index is 11.2. The molecule has 15 heavy (non-hydrogen) atoms. The third kappa shape index (κ3) is 7.66. The van der Waals surface area contributed by atoms with E-state index in [-0.39, 0.29) is 25.0 Å². The van der Waals surface area contributed by atoms with E-state index < -0.39 is 17.9 Å². The van der Waals surface area contributed by atoms with Crippen molar-refractivity contribution >= 4 is 17.7 Å². The van der Waals surface area contributed by atoms with Crippen molar-refractivity contribution in [1.29, 1.82) is 0 Å². The van der Waals surface area contributed by atoms with E-state index in [0.29, 0.717) is 12.8 Å². The fourth-order valence-corrected chi connectivity index (χ4v) is 1.13. The molecule has 0 aromatic rings. The van der Waals surface area contributed by atoms with Gasteiger partial charge in [-0.25, -0.2) is 0 Å². The van der Waals surface area contributed by atoms with Gasteiger partial charge in [-0.3, -0.25) is 14.4 Å². The SMILES string of the molecule is CC(CC(=O)CCCCC(=O)O)C(=O)O. The average molecular weight is 216 g/mol. The highest BCUT2D eigenvalue weighted by atomic mass is 16.4. The molecule has 0 fully saturated rings. The van der Waals surface area contributed by atoms with Crippen LogP contribution in [0.3, 0.4) is 0 Å².